The van der Waals surface area contributed by atoms with E-state index in [0.717, 1.165) is 11.4 Å². The molecule has 0 aliphatic rings. The van der Waals surface area contributed by atoms with Crippen molar-refractivity contribution in [2.45, 2.75) is 38.3 Å². The summed E-state index contributed by atoms with van der Waals surface area (Å²) in [5.41, 5.74) is 0. The van der Waals surface area contributed by atoms with E-state index < -0.39 is 10.0 Å². The summed E-state index contributed by atoms with van der Waals surface area (Å²) in [4.78, 5) is 1.33. The van der Waals surface area contributed by atoms with E-state index in [2.05, 4.69) is 26.0 Å². The van der Waals surface area contributed by atoms with E-state index in [0.29, 0.717) is 15.2 Å². The molecule has 4 nitrogen and oxygen atoms in total. The van der Waals surface area contributed by atoms with Crippen molar-refractivity contribution in [1.29, 1.82) is 0 Å². The summed E-state index contributed by atoms with van der Waals surface area (Å²) in [7, 11) is -3.41. The van der Waals surface area contributed by atoms with Gasteiger partial charge in [0.2, 0.25) is 10.0 Å². The van der Waals surface area contributed by atoms with Gasteiger partial charge in [-0.2, -0.15) is 0 Å². The molecule has 0 fully saturated rings. The van der Waals surface area contributed by atoms with Crippen molar-refractivity contribution < 1.29 is 8.42 Å². The molecule has 1 aromatic rings. The molecule has 1 aromatic heterocycles. The quantitative estimate of drug-likeness (QED) is 0.835. The Hall–Kier alpha value is 0.0500. The molecule has 98 valence electrons. The zero-order valence-electron chi connectivity index (χ0n) is 10.1. The van der Waals surface area contributed by atoms with Crippen LogP contribution in [0.4, 0.5) is 0 Å². The predicted molar refractivity (Wildman–Crippen MR) is 74.9 cm³/mol. The van der Waals surface area contributed by atoms with Gasteiger partial charge in [-0.3, -0.25) is 0 Å². The van der Waals surface area contributed by atoms with Crippen LogP contribution in [0.3, 0.4) is 0 Å². The molecule has 0 atom stereocenters. The minimum absolute atomic E-state index is 0.107. The summed E-state index contributed by atoms with van der Waals surface area (Å²) >= 11 is 4.75. The van der Waals surface area contributed by atoms with E-state index in [1.54, 1.807) is 19.9 Å². The number of rotatable bonds is 6. The molecular weight excluding hydrogens is 324 g/mol. The third kappa shape index (κ3) is 4.33. The van der Waals surface area contributed by atoms with E-state index in [-0.39, 0.29) is 6.04 Å². The van der Waals surface area contributed by atoms with Gasteiger partial charge in [-0.15, -0.1) is 11.3 Å². The molecule has 2 N–H and O–H groups in total. The summed E-state index contributed by atoms with van der Waals surface area (Å²) in [6.45, 7) is 7.17. The van der Waals surface area contributed by atoms with E-state index >= 15 is 0 Å². The van der Waals surface area contributed by atoms with Crippen LogP contribution in [0.5, 0.6) is 0 Å². The maximum Gasteiger partial charge on any atom is 0.242 e. The third-order valence-electron chi connectivity index (χ3n) is 1.94. The molecule has 0 aliphatic carbocycles. The maximum atomic E-state index is 12.0. The molecule has 0 aromatic carbocycles. The first kappa shape index (κ1) is 15.1. The molecule has 0 aliphatic heterocycles. The molecule has 0 saturated carbocycles. The second-order valence-corrected chi connectivity index (χ2v) is 8.04. The van der Waals surface area contributed by atoms with Gasteiger partial charge in [-0.1, -0.05) is 6.92 Å². The highest BCUT2D eigenvalue weighted by Crippen LogP contribution is 2.31. The van der Waals surface area contributed by atoms with Crippen LogP contribution in [0.15, 0.2) is 14.7 Å². The van der Waals surface area contributed by atoms with Crippen LogP contribution in [-0.4, -0.2) is 21.0 Å². The number of hydrogen-bond donors (Lipinski definition) is 2. The molecule has 0 unspecified atom stereocenters. The topological polar surface area (TPSA) is 58.2 Å². The van der Waals surface area contributed by atoms with Gasteiger partial charge in [-0.25, -0.2) is 13.1 Å². The fraction of sp³-hybridized carbons (Fsp3) is 0.600. The molecule has 0 spiro atoms. The number of hydrogen-bond acceptors (Lipinski definition) is 4. The number of halogens is 1. The Bertz CT molecular complexity index is 469. The molecule has 0 saturated heterocycles. The zero-order valence-corrected chi connectivity index (χ0v) is 13.3. The first-order valence-corrected chi connectivity index (χ1v) is 8.47. The predicted octanol–water partition coefficient (Wildman–Crippen LogP) is 2.31. The van der Waals surface area contributed by atoms with E-state index in [1.165, 1.54) is 11.3 Å². The lowest BCUT2D eigenvalue weighted by molar-refractivity contribution is 0.569. The first-order valence-electron chi connectivity index (χ1n) is 5.38. The normalized spacial score (nSPS) is 12.3. The number of nitrogens with one attached hydrogen (secondary N) is 2. The van der Waals surface area contributed by atoms with Crippen molar-refractivity contribution in [3.8, 4) is 0 Å². The Labute approximate surface area is 115 Å². The van der Waals surface area contributed by atoms with Gasteiger partial charge in [0.1, 0.15) is 4.90 Å². The minimum atomic E-state index is -3.41. The van der Waals surface area contributed by atoms with Crippen LogP contribution in [-0.2, 0) is 16.6 Å². The van der Waals surface area contributed by atoms with Crippen molar-refractivity contribution in [3.05, 3.63) is 14.7 Å². The largest absolute Gasteiger partial charge is 0.312 e. The highest BCUT2D eigenvalue weighted by Gasteiger charge is 2.21. The lowest BCUT2D eigenvalue weighted by Crippen LogP contribution is -2.30. The third-order valence-corrected chi connectivity index (χ3v) is 5.85. The van der Waals surface area contributed by atoms with Crippen LogP contribution < -0.4 is 10.0 Å². The fourth-order valence-corrected chi connectivity index (χ4v) is 5.19. The summed E-state index contributed by atoms with van der Waals surface area (Å²) < 4.78 is 27.2. The SMILES string of the molecule is CCNCc1cc(S(=O)(=O)NC(C)C)c(Br)s1. The molecular formula is C10H17BrN2O2S2. The highest BCUT2D eigenvalue weighted by molar-refractivity contribution is 9.11. The average molecular weight is 341 g/mol. The Morgan fingerprint density at radius 2 is 2.12 bits per heavy atom. The molecule has 0 radical (unpaired) electrons. The van der Waals surface area contributed by atoms with Crippen LogP contribution >= 0.6 is 27.3 Å². The van der Waals surface area contributed by atoms with Crippen molar-refractivity contribution in [1.82, 2.24) is 10.0 Å². The summed E-state index contributed by atoms with van der Waals surface area (Å²) in [5.74, 6) is 0. The van der Waals surface area contributed by atoms with Gasteiger partial charge in [0.15, 0.2) is 0 Å². The standard InChI is InChI=1S/C10H17BrN2O2S2/c1-4-12-6-8-5-9(10(11)16-8)17(14,15)13-7(2)3/h5,7,12-13H,4,6H2,1-3H3. The fourth-order valence-electron chi connectivity index (χ4n) is 1.29. The monoisotopic (exact) mass is 340 g/mol. The molecule has 1 heterocycles. The van der Waals surface area contributed by atoms with Crippen LogP contribution in [0.25, 0.3) is 0 Å². The van der Waals surface area contributed by atoms with Gasteiger partial charge >= 0.3 is 0 Å². The summed E-state index contributed by atoms with van der Waals surface area (Å²) in [5, 5.41) is 3.17. The maximum absolute atomic E-state index is 12.0. The summed E-state index contributed by atoms with van der Waals surface area (Å²) in [6, 6.07) is 1.60. The van der Waals surface area contributed by atoms with Crippen molar-refractivity contribution in [2.24, 2.45) is 0 Å². The Morgan fingerprint density at radius 1 is 1.47 bits per heavy atom. The van der Waals surface area contributed by atoms with Crippen molar-refractivity contribution in [2.75, 3.05) is 6.54 Å². The zero-order chi connectivity index (χ0) is 13.1. The number of thiophene rings is 1. The molecule has 17 heavy (non-hydrogen) atoms. The number of sulfonamides is 1. The molecule has 0 amide bonds. The van der Waals surface area contributed by atoms with Gasteiger partial charge < -0.3 is 5.32 Å². The van der Waals surface area contributed by atoms with Crippen LogP contribution in [0.2, 0.25) is 0 Å². The van der Waals surface area contributed by atoms with Gasteiger partial charge in [0.25, 0.3) is 0 Å². The van der Waals surface area contributed by atoms with Crippen LogP contribution in [0, 0.1) is 0 Å². The molecule has 0 bridgehead atoms. The van der Waals surface area contributed by atoms with E-state index in [4.69, 9.17) is 0 Å². The lowest BCUT2D eigenvalue weighted by Gasteiger charge is -2.08. The van der Waals surface area contributed by atoms with E-state index in [9.17, 15) is 8.42 Å². The van der Waals surface area contributed by atoms with Crippen molar-refractivity contribution in [3.63, 3.8) is 0 Å². The average Bonchev–Trinajstić information content (AvgIpc) is 2.55. The van der Waals surface area contributed by atoms with Gasteiger partial charge in [-0.05, 0) is 42.4 Å². The van der Waals surface area contributed by atoms with Crippen LogP contribution in [0.1, 0.15) is 25.6 Å². The first-order chi connectivity index (χ1) is 7.86. The smallest absolute Gasteiger partial charge is 0.242 e. The van der Waals surface area contributed by atoms with Gasteiger partial charge in [0.05, 0.1) is 3.79 Å². The minimum Gasteiger partial charge on any atom is -0.312 e. The molecule has 7 heteroatoms. The van der Waals surface area contributed by atoms with Gasteiger partial charge in [0, 0.05) is 17.5 Å². The highest BCUT2D eigenvalue weighted by atomic mass is 79.9. The molecule has 1 rings (SSSR count). The van der Waals surface area contributed by atoms with E-state index in [1.807, 2.05) is 6.92 Å². The second kappa shape index (κ2) is 6.29. The Morgan fingerprint density at radius 3 is 2.65 bits per heavy atom. The second-order valence-electron chi connectivity index (χ2n) is 3.91. The lowest BCUT2D eigenvalue weighted by atomic mass is 10.4. The summed E-state index contributed by atoms with van der Waals surface area (Å²) in [6.07, 6.45) is 0. The van der Waals surface area contributed by atoms with Crippen molar-refractivity contribution >= 4 is 37.3 Å². The Balaban J connectivity index is 2.94. The Kier molecular flexibility index (Phi) is 5.59.